The van der Waals surface area contributed by atoms with E-state index in [0.717, 1.165) is 24.0 Å². The van der Waals surface area contributed by atoms with Crippen LogP contribution >= 0.6 is 0 Å². The highest BCUT2D eigenvalue weighted by atomic mass is 16.3. The van der Waals surface area contributed by atoms with E-state index < -0.39 is 0 Å². The molecule has 26 heavy (non-hydrogen) atoms. The second kappa shape index (κ2) is 5.44. The minimum atomic E-state index is 0.114. The van der Waals surface area contributed by atoms with Gasteiger partial charge in [0.2, 0.25) is 5.69 Å². The first-order valence-corrected chi connectivity index (χ1v) is 9.67. The number of rotatable bonds is 2. The molecular weight excluding hydrogens is 318 g/mol. The fourth-order valence-electron chi connectivity index (χ4n) is 5.17. The van der Waals surface area contributed by atoms with Crippen molar-refractivity contribution in [2.75, 3.05) is 0 Å². The maximum Gasteiger partial charge on any atom is 0.217 e. The first-order valence-electron chi connectivity index (χ1n) is 9.67. The zero-order valence-electron chi connectivity index (χ0n) is 15.6. The van der Waals surface area contributed by atoms with E-state index in [1.165, 1.54) is 27.6 Å². The Kier molecular flexibility index (Phi) is 3.27. The largest absolute Gasteiger partial charge is 0.455 e. The summed E-state index contributed by atoms with van der Waals surface area (Å²) in [5, 5.41) is 2.41. The molecule has 2 aromatic heterocycles. The molecule has 2 nitrogen and oxygen atoms in total. The number of nitrogens with zero attached hydrogens (tertiary/aromatic N) is 1. The molecule has 0 spiro atoms. The van der Waals surface area contributed by atoms with E-state index in [-0.39, 0.29) is 5.54 Å². The molecular formula is C24H24NO+. The molecule has 3 heterocycles. The van der Waals surface area contributed by atoms with Crippen LogP contribution in [0.3, 0.4) is 0 Å². The lowest BCUT2D eigenvalue weighted by molar-refractivity contribution is -0.762. The molecule has 2 heteroatoms. The Balaban J connectivity index is 1.94. The minimum Gasteiger partial charge on any atom is -0.455 e. The third-order valence-corrected chi connectivity index (χ3v) is 6.67. The van der Waals surface area contributed by atoms with E-state index in [9.17, 15) is 0 Å². The second-order valence-electron chi connectivity index (χ2n) is 7.49. The molecule has 0 bridgehead atoms. The molecule has 0 amide bonds. The lowest BCUT2D eigenvalue weighted by atomic mass is 9.71. The molecule has 0 saturated carbocycles. The first kappa shape index (κ1) is 15.6. The number of furan rings is 1. The fraction of sp³-hybridized carbons (Fsp3) is 0.292. The van der Waals surface area contributed by atoms with Gasteiger partial charge in [0.15, 0.2) is 11.7 Å². The van der Waals surface area contributed by atoms with Gasteiger partial charge in [0.1, 0.15) is 11.2 Å². The van der Waals surface area contributed by atoms with E-state index in [0.29, 0.717) is 5.92 Å². The van der Waals surface area contributed by atoms with Gasteiger partial charge in [-0.05, 0) is 17.7 Å². The Morgan fingerprint density at radius 3 is 2.50 bits per heavy atom. The zero-order valence-corrected chi connectivity index (χ0v) is 15.6. The third-order valence-electron chi connectivity index (χ3n) is 6.67. The van der Waals surface area contributed by atoms with Crippen LogP contribution in [0.1, 0.15) is 45.1 Å². The van der Waals surface area contributed by atoms with Crippen LogP contribution in [0.5, 0.6) is 0 Å². The van der Waals surface area contributed by atoms with Crippen LogP contribution < -0.4 is 4.57 Å². The number of para-hydroxylation sites is 1. The third kappa shape index (κ3) is 1.79. The standard InChI is InChI=1S/C24H24NO/c1-4-24(5-2)16(3)17-13-14-19-18-10-6-7-12-21(18)26-23(19)22(17)20-11-8-9-15-25(20)24/h6-16H,4-5H2,1-3H3/q+1. The van der Waals surface area contributed by atoms with Crippen molar-refractivity contribution in [2.24, 2.45) is 0 Å². The highest BCUT2D eigenvalue weighted by Gasteiger charge is 2.49. The van der Waals surface area contributed by atoms with Crippen LogP contribution in [-0.2, 0) is 5.54 Å². The number of hydrogen-bond acceptors (Lipinski definition) is 1. The van der Waals surface area contributed by atoms with E-state index in [1.54, 1.807) is 0 Å². The molecule has 0 saturated heterocycles. The van der Waals surface area contributed by atoms with Gasteiger partial charge >= 0.3 is 0 Å². The molecule has 4 aromatic rings. The summed E-state index contributed by atoms with van der Waals surface area (Å²) in [6.07, 6.45) is 4.48. The summed E-state index contributed by atoms with van der Waals surface area (Å²) in [6, 6.07) is 19.5. The number of pyridine rings is 1. The second-order valence-corrected chi connectivity index (χ2v) is 7.49. The molecule has 1 aliphatic rings. The van der Waals surface area contributed by atoms with Crippen molar-refractivity contribution in [1.29, 1.82) is 0 Å². The first-order chi connectivity index (χ1) is 12.7. The number of hydrogen-bond donors (Lipinski definition) is 0. The Bertz CT molecular complexity index is 1130. The molecule has 0 aliphatic carbocycles. The summed E-state index contributed by atoms with van der Waals surface area (Å²) < 4.78 is 8.88. The van der Waals surface area contributed by atoms with Gasteiger partial charge in [0, 0.05) is 41.7 Å². The van der Waals surface area contributed by atoms with E-state index in [4.69, 9.17) is 4.42 Å². The molecule has 0 radical (unpaired) electrons. The highest BCUT2D eigenvalue weighted by Crippen LogP contribution is 2.48. The Hall–Kier alpha value is -2.61. The van der Waals surface area contributed by atoms with Crippen molar-refractivity contribution in [3.05, 3.63) is 66.4 Å². The van der Waals surface area contributed by atoms with Gasteiger partial charge in [-0.2, -0.15) is 4.57 Å². The van der Waals surface area contributed by atoms with Crippen molar-refractivity contribution in [3.8, 4) is 11.3 Å². The van der Waals surface area contributed by atoms with Crippen molar-refractivity contribution >= 4 is 21.9 Å². The van der Waals surface area contributed by atoms with Crippen LogP contribution in [0.4, 0.5) is 0 Å². The molecule has 2 aromatic carbocycles. The topological polar surface area (TPSA) is 17.0 Å². The molecule has 130 valence electrons. The number of benzene rings is 2. The summed E-state index contributed by atoms with van der Waals surface area (Å²) in [4.78, 5) is 0. The van der Waals surface area contributed by atoms with Crippen LogP contribution in [-0.4, -0.2) is 0 Å². The van der Waals surface area contributed by atoms with Gasteiger partial charge in [-0.1, -0.05) is 51.1 Å². The fourth-order valence-corrected chi connectivity index (χ4v) is 5.17. The van der Waals surface area contributed by atoms with E-state index in [1.807, 2.05) is 6.07 Å². The summed E-state index contributed by atoms with van der Waals surface area (Å²) >= 11 is 0. The van der Waals surface area contributed by atoms with Gasteiger partial charge in [0.25, 0.3) is 0 Å². The Labute approximate surface area is 154 Å². The summed E-state index contributed by atoms with van der Waals surface area (Å²) in [5.74, 6) is 0.435. The van der Waals surface area contributed by atoms with E-state index >= 15 is 0 Å². The van der Waals surface area contributed by atoms with Gasteiger partial charge in [-0.25, -0.2) is 0 Å². The van der Waals surface area contributed by atoms with Gasteiger partial charge in [0.05, 0.1) is 5.56 Å². The van der Waals surface area contributed by atoms with Crippen LogP contribution in [0.2, 0.25) is 0 Å². The van der Waals surface area contributed by atoms with Crippen LogP contribution in [0.25, 0.3) is 33.2 Å². The Morgan fingerprint density at radius 1 is 0.923 bits per heavy atom. The number of aromatic nitrogens is 1. The van der Waals surface area contributed by atoms with Crippen LogP contribution in [0, 0.1) is 0 Å². The van der Waals surface area contributed by atoms with Crippen molar-refractivity contribution < 1.29 is 8.98 Å². The maximum absolute atomic E-state index is 6.38. The van der Waals surface area contributed by atoms with Gasteiger partial charge in [-0.15, -0.1) is 0 Å². The summed E-state index contributed by atoms with van der Waals surface area (Å²) in [6.45, 7) is 7.01. The maximum atomic E-state index is 6.38. The van der Waals surface area contributed by atoms with Crippen molar-refractivity contribution in [2.45, 2.75) is 45.1 Å². The lowest BCUT2D eigenvalue weighted by Gasteiger charge is -2.38. The molecule has 0 fully saturated rings. The van der Waals surface area contributed by atoms with E-state index in [2.05, 4.69) is 80.1 Å². The summed E-state index contributed by atoms with van der Waals surface area (Å²) in [5.41, 5.74) is 6.05. The quantitative estimate of drug-likeness (QED) is 0.398. The smallest absolute Gasteiger partial charge is 0.217 e. The molecule has 5 rings (SSSR count). The normalized spacial score (nSPS) is 18.0. The Morgan fingerprint density at radius 2 is 1.69 bits per heavy atom. The molecule has 1 atom stereocenters. The predicted molar refractivity (Wildman–Crippen MR) is 106 cm³/mol. The van der Waals surface area contributed by atoms with Crippen molar-refractivity contribution in [3.63, 3.8) is 0 Å². The monoisotopic (exact) mass is 342 g/mol. The minimum absolute atomic E-state index is 0.114. The number of fused-ring (bicyclic) bond motifs is 7. The summed E-state index contributed by atoms with van der Waals surface area (Å²) in [7, 11) is 0. The van der Waals surface area contributed by atoms with Gasteiger partial charge in [-0.3, -0.25) is 0 Å². The zero-order chi connectivity index (χ0) is 17.9. The molecule has 1 aliphatic heterocycles. The highest BCUT2D eigenvalue weighted by molar-refractivity contribution is 6.09. The molecule has 0 N–H and O–H groups in total. The lowest BCUT2D eigenvalue weighted by Crippen LogP contribution is -2.61. The molecule has 1 unspecified atom stereocenters. The van der Waals surface area contributed by atoms with Crippen LogP contribution in [0.15, 0.2) is 65.2 Å². The predicted octanol–water partition coefficient (Wildman–Crippen LogP) is 6.17. The average molecular weight is 342 g/mol. The average Bonchev–Trinajstić information content (AvgIpc) is 3.07. The SMILES string of the molecule is CCC1(CC)C(C)c2ccc3c(oc4ccccc43)c2-c2cccc[n+]21. The van der Waals surface area contributed by atoms with Crippen molar-refractivity contribution in [1.82, 2.24) is 0 Å². The van der Waals surface area contributed by atoms with Gasteiger partial charge < -0.3 is 4.42 Å².